The van der Waals surface area contributed by atoms with Crippen molar-refractivity contribution in [3.05, 3.63) is 53.4 Å². The van der Waals surface area contributed by atoms with Crippen molar-refractivity contribution in [3.8, 4) is 0 Å². The molecule has 0 saturated carbocycles. The summed E-state index contributed by atoms with van der Waals surface area (Å²) in [6.45, 7) is 2.39. The molecule has 2 aromatic rings. The van der Waals surface area contributed by atoms with Crippen LogP contribution in [0.15, 0.2) is 24.5 Å². The zero-order valence-electron chi connectivity index (χ0n) is 10.9. The molecule has 2 N–H and O–H groups in total. The second-order valence-electron chi connectivity index (χ2n) is 4.77. The summed E-state index contributed by atoms with van der Waals surface area (Å²) >= 11 is 0. The monoisotopic (exact) mass is 268 g/mol. The molecule has 1 aliphatic rings. The van der Waals surface area contributed by atoms with Crippen molar-refractivity contribution in [3.63, 3.8) is 0 Å². The van der Waals surface area contributed by atoms with E-state index >= 15 is 0 Å². The second-order valence-corrected chi connectivity index (χ2v) is 4.77. The van der Waals surface area contributed by atoms with Crippen LogP contribution >= 0.6 is 0 Å². The lowest BCUT2D eigenvalue weighted by molar-refractivity contribution is 0.0989. The van der Waals surface area contributed by atoms with Gasteiger partial charge in [-0.2, -0.15) is 0 Å². The Morgan fingerprint density at radius 1 is 1.50 bits per heavy atom. The van der Waals surface area contributed by atoms with E-state index in [1.165, 1.54) is 0 Å². The summed E-state index contributed by atoms with van der Waals surface area (Å²) in [5.74, 6) is -0.583. The number of fused-ring (bicyclic) bond motifs is 1. The van der Waals surface area contributed by atoms with Gasteiger partial charge in [0, 0.05) is 37.6 Å². The molecule has 0 aromatic carbocycles. The van der Waals surface area contributed by atoms with Crippen molar-refractivity contribution in [1.29, 1.82) is 0 Å². The number of rotatable bonds is 3. The van der Waals surface area contributed by atoms with Gasteiger partial charge in [0.1, 0.15) is 0 Å². The standard InChI is InChI=1S/C14H14N5O/c15-13(20)14-17-7-11-3-5-19(9-12(11)18-14)8-10-2-1-4-16-6-10/h1-2,4,6H,3,5,8-9H2,(H2,15,20). The van der Waals surface area contributed by atoms with Gasteiger partial charge in [0.05, 0.1) is 11.9 Å². The molecule has 0 bridgehead atoms. The number of pyridine rings is 1. The van der Waals surface area contributed by atoms with E-state index in [1.54, 1.807) is 6.20 Å². The lowest BCUT2D eigenvalue weighted by atomic mass is 10.1. The molecule has 0 fully saturated rings. The highest BCUT2D eigenvalue weighted by atomic mass is 16.1. The first-order chi connectivity index (χ1) is 9.72. The van der Waals surface area contributed by atoms with E-state index in [1.807, 2.05) is 18.3 Å². The highest BCUT2D eigenvalue weighted by molar-refractivity contribution is 5.88. The molecule has 6 heteroatoms. The lowest BCUT2D eigenvalue weighted by Gasteiger charge is -2.27. The van der Waals surface area contributed by atoms with Gasteiger partial charge in [0.25, 0.3) is 5.91 Å². The van der Waals surface area contributed by atoms with E-state index in [-0.39, 0.29) is 5.82 Å². The summed E-state index contributed by atoms with van der Waals surface area (Å²) < 4.78 is 0. The Hall–Kier alpha value is -2.34. The fourth-order valence-corrected chi connectivity index (χ4v) is 2.29. The smallest absolute Gasteiger partial charge is 0.286 e. The summed E-state index contributed by atoms with van der Waals surface area (Å²) in [5.41, 5.74) is 8.16. The Morgan fingerprint density at radius 2 is 2.40 bits per heavy atom. The SMILES string of the molecule is NC(=O)c1n[c]c2c(n1)CN(Cc1cccnc1)CC2. The predicted octanol–water partition coefficient (Wildman–Crippen LogP) is 0.329. The highest BCUT2D eigenvalue weighted by Crippen LogP contribution is 2.17. The number of hydrogen-bond acceptors (Lipinski definition) is 5. The third kappa shape index (κ3) is 2.65. The van der Waals surface area contributed by atoms with E-state index in [9.17, 15) is 4.79 Å². The Morgan fingerprint density at radius 3 is 3.15 bits per heavy atom. The second kappa shape index (κ2) is 5.34. The largest absolute Gasteiger partial charge is 0.363 e. The van der Waals surface area contributed by atoms with Crippen molar-refractivity contribution in [1.82, 2.24) is 19.9 Å². The van der Waals surface area contributed by atoms with Crippen LogP contribution in [0.25, 0.3) is 0 Å². The van der Waals surface area contributed by atoms with Crippen molar-refractivity contribution in [2.75, 3.05) is 6.54 Å². The molecule has 0 aliphatic carbocycles. The fraction of sp³-hybridized carbons (Fsp3) is 0.286. The summed E-state index contributed by atoms with van der Waals surface area (Å²) in [5, 5.41) is 0. The molecule has 1 amide bonds. The van der Waals surface area contributed by atoms with E-state index in [0.29, 0.717) is 6.54 Å². The summed E-state index contributed by atoms with van der Waals surface area (Å²) in [7, 11) is 0. The number of nitrogens with two attached hydrogens (primary N) is 1. The number of carbonyl (C=O) groups is 1. The Kier molecular flexibility index (Phi) is 3.39. The number of carbonyl (C=O) groups excluding carboxylic acids is 1. The summed E-state index contributed by atoms with van der Waals surface area (Å²) in [6.07, 6.45) is 7.32. The van der Waals surface area contributed by atoms with E-state index in [4.69, 9.17) is 5.73 Å². The highest BCUT2D eigenvalue weighted by Gasteiger charge is 2.20. The first-order valence-corrected chi connectivity index (χ1v) is 6.41. The molecule has 6 nitrogen and oxygen atoms in total. The molecule has 1 radical (unpaired) electrons. The van der Waals surface area contributed by atoms with Gasteiger partial charge < -0.3 is 5.73 Å². The van der Waals surface area contributed by atoms with Crippen LogP contribution in [-0.2, 0) is 19.5 Å². The van der Waals surface area contributed by atoms with Gasteiger partial charge in [-0.3, -0.25) is 14.7 Å². The summed E-state index contributed by atoms with van der Waals surface area (Å²) in [4.78, 5) is 25.6. The van der Waals surface area contributed by atoms with Crippen LogP contribution in [0, 0.1) is 6.20 Å². The van der Waals surface area contributed by atoms with Crippen LogP contribution in [0.3, 0.4) is 0 Å². The van der Waals surface area contributed by atoms with Gasteiger partial charge in [0.15, 0.2) is 0 Å². The average molecular weight is 268 g/mol. The Bertz CT molecular complexity index is 629. The minimum Gasteiger partial charge on any atom is -0.363 e. The quantitative estimate of drug-likeness (QED) is 0.867. The van der Waals surface area contributed by atoms with E-state index in [0.717, 1.165) is 36.3 Å². The third-order valence-corrected chi connectivity index (χ3v) is 3.29. The predicted molar refractivity (Wildman–Crippen MR) is 71.4 cm³/mol. The fourth-order valence-electron chi connectivity index (χ4n) is 2.29. The van der Waals surface area contributed by atoms with E-state index in [2.05, 4.69) is 26.0 Å². The minimum atomic E-state index is -0.617. The van der Waals surface area contributed by atoms with Crippen LogP contribution in [0.4, 0.5) is 0 Å². The van der Waals surface area contributed by atoms with Crippen LogP contribution in [0.5, 0.6) is 0 Å². The maximum absolute atomic E-state index is 11.1. The van der Waals surface area contributed by atoms with Gasteiger partial charge in [-0.05, 0) is 18.1 Å². The molecule has 20 heavy (non-hydrogen) atoms. The zero-order valence-corrected chi connectivity index (χ0v) is 10.9. The Balaban J connectivity index is 1.77. The number of hydrogen-bond donors (Lipinski definition) is 1. The summed E-state index contributed by atoms with van der Waals surface area (Å²) in [6, 6.07) is 3.97. The third-order valence-electron chi connectivity index (χ3n) is 3.29. The van der Waals surface area contributed by atoms with Crippen molar-refractivity contribution < 1.29 is 4.79 Å². The molecule has 2 aromatic heterocycles. The molecule has 3 rings (SSSR count). The zero-order chi connectivity index (χ0) is 13.9. The van der Waals surface area contributed by atoms with Crippen molar-refractivity contribution in [2.24, 2.45) is 5.73 Å². The molecule has 1 aliphatic heterocycles. The number of nitrogens with zero attached hydrogens (tertiary/aromatic N) is 4. The molecule has 0 spiro atoms. The molecule has 3 heterocycles. The van der Waals surface area contributed by atoms with Gasteiger partial charge in [-0.1, -0.05) is 6.07 Å². The molecule has 101 valence electrons. The van der Waals surface area contributed by atoms with Gasteiger partial charge >= 0.3 is 0 Å². The molecular formula is C14H14N5O. The minimum absolute atomic E-state index is 0.0342. The van der Waals surface area contributed by atoms with Crippen LogP contribution in [-0.4, -0.2) is 32.3 Å². The van der Waals surface area contributed by atoms with Crippen LogP contribution in [0.1, 0.15) is 27.4 Å². The normalized spacial score (nSPS) is 14.8. The molecular weight excluding hydrogens is 254 g/mol. The molecule has 0 unspecified atom stereocenters. The maximum atomic E-state index is 11.1. The number of aromatic nitrogens is 3. The van der Waals surface area contributed by atoms with E-state index < -0.39 is 5.91 Å². The van der Waals surface area contributed by atoms with Gasteiger partial charge in [-0.25, -0.2) is 9.97 Å². The first kappa shape index (κ1) is 12.7. The van der Waals surface area contributed by atoms with Crippen LogP contribution < -0.4 is 5.73 Å². The number of primary amides is 1. The van der Waals surface area contributed by atoms with Crippen LogP contribution in [0.2, 0.25) is 0 Å². The van der Waals surface area contributed by atoms with Crippen molar-refractivity contribution >= 4 is 5.91 Å². The average Bonchev–Trinajstić information content (AvgIpc) is 2.47. The molecule has 0 atom stereocenters. The lowest BCUT2D eigenvalue weighted by Crippen LogP contribution is -2.32. The topological polar surface area (TPSA) is 85.0 Å². The number of amides is 1. The van der Waals surface area contributed by atoms with Crippen molar-refractivity contribution in [2.45, 2.75) is 19.5 Å². The maximum Gasteiger partial charge on any atom is 0.286 e. The first-order valence-electron chi connectivity index (χ1n) is 6.41. The van der Waals surface area contributed by atoms with Gasteiger partial charge in [-0.15, -0.1) is 0 Å². The van der Waals surface area contributed by atoms with Gasteiger partial charge in [0.2, 0.25) is 5.82 Å². The Labute approximate surface area is 116 Å². The molecule has 0 saturated heterocycles.